The number of hydrogen-bond acceptors (Lipinski definition) is 2. The van der Waals surface area contributed by atoms with Gasteiger partial charge in [0.05, 0.1) is 0 Å². The summed E-state index contributed by atoms with van der Waals surface area (Å²) >= 11 is 0. The van der Waals surface area contributed by atoms with Gasteiger partial charge in [0.1, 0.15) is 0 Å². The number of aromatic nitrogens is 3. The summed E-state index contributed by atoms with van der Waals surface area (Å²) in [7, 11) is 0. The Morgan fingerprint density at radius 3 is 2.67 bits per heavy atom. The molecule has 0 unspecified atom stereocenters. The number of aromatic amines is 1. The fourth-order valence-corrected chi connectivity index (χ4v) is 0.144. The van der Waals surface area contributed by atoms with Gasteiger partial charge in [-0.15, -0.1) is 11.4 Å². The van der Waals surface area contributed by atoms with E-state index in [0.717, 1.165) is 0 Å². The first-order valence-electron chi connectivity index (χ1n) is 1.22. The molecule has 0 aliphatic rings. The maximum Gasteiger partial charge on any atom is 0 e. The van der Waals surface area contributed by atoms with Crippen LogP contribution in [-0.2, 0) is 26.2 Å². The third-order valence-electron chi connectivity index (χ3n) is 0.295. The quantitative estimate of drug-likeness (QED) is 0.523. The molecule has 0 bridgehead atoms. The Morgan fingerprint density at radius 2 is 2.50 bits per heavy atom. The van der Waals surface area contributed by atoms with Gasteiger partial charge in [0, 0.05) is 26.2 Å². The predicted molar refractivity (Wildman–Crippen MR) is 15.2 cm³/mol. The van der Waals surface area contributed by atoms with Gasteiger partial charge in [-0.1, -0.05) is 0 Å². The average Bonchev–Trinajstić information content (AvgIpc) is 1.76. The summed E-state index contributed by atoms with van der Waals surface area (Å²) in [6, 6.07) is 0. The van der Waals surface area contributed by atoms with Crippen LogP contribution in [0.15, 0.2) is 6.20 Å². The van der Waals surface area contributed by atoms with Crippen LogP contribution in [0.25, 0.3) is 0 Å². The second kappa shape index (κ2) is 3.22. The molecule has 0 saturated carbocycles. The van der Waals surface area contributed by atoms with Crippen LogP contribution in [0.1, 0.15) is 0 Å². The van der Waals surface area contributed by atoms with Crippen molar-refractivity contribution in [1.29, 1.82) is 0 Å². The molecular formula is C2H2N3Zr-. The molecule has 0 aromatic carbocycles. The molecule has 1 N–H and O–H groups in total. The third-order valence-corrected chi connectivity index (χ3v) is 0.295. The zero-order valence-corrected chi connectivity index (χ0v) is 5.43. The van der Waals surface area contributed by atoms with Crippen molar-refractivity contribution in [3.63, 3.8) is 0 Å². The van der Waals surface area contributed by atoms with E-state index >= 15 is 0 Å². The average molecular weight is 159 g/mol. The fourth-order valence-electron chi connectivity index (χ4n) is 0.144. The summed E-state index contributed by atoms with van der Waals surface area (Å²) < 4.78 is 0. The van der Waals surface area contributed by atoms with Crippen molar-refractivity contribution >= 4 is 0 Å². The van der Waals surface area contributed by atoms with Crippen molar-refractivity contribution in [1.82, 2.24) is 15.4 Å². The van der Waals surface area contributed by atoms with E-state index < -0.39 is 0 Å². The van der Waals surface area contributed by atoms with Crippen LogP contribution < -0.4 is 0 Å². The minimum atomic E-state index is 0. The first-order valence-corrected chi connectivity index (χ1v) is 1.22. The van der Waals surface area contributed by atoms with E-state index in [1.807, 2.05) is 0 Å². The summed E-state index contributed by atoms with van der Waals surface area (Å²) in [5, 5.41) is 9.03. The standard InChI is InChI=1S/C2H2N3.Zr/c1-2-4-5-3-1;/h1H,(H,3,4,5);/q-1;. The Morgan fingerprint density at radius 1 is 1.67 bits per heavy atom. The van der Waals surface area contributed by atoms with E-state index in [0.29, 0.717) is 0 Å². The maximum atomic E-state index is 3.29. The molecule has 3 nitrogen and oxygen atoms in total. The molecule has 0 aliphatic carbocycles. The zero-order chi connectivity index (χ0) is 3.54. The molecule has 1 rings (SSSR count). The van der Waals surface area contributed by atoms with Crippen molar-refractivity contribution in [2.75, 3.05) is 0 Å². The first-order chi connectivity index (χ1) is 2.50. The van der Waals surface area contributed by atoms with E-state index in [4.69, 9.17) is 0 Å². The van der Waals surface area contributed by atoms with Gasteiger partial charge in [-0.05, 0) is 0 Å². The molecule has 0 spiro atoms. The van der Waals surface area contributed by atoms with Crippen molar-refractivity contribution in [2.24, 2.45) is 0 Å². The van der Waals surface area contributed by atoms with Gasteiger partial charge in [-0.25, -0.2) is 0 Å². The number of rotatable bonds is 0. The van der Waals surface area contributed by atoms with Crippen LogP contribution in [0, 0.1) is 6.20 Å². The van der Waals surface area contributed by atoms with E-state index in [-0.39, 0.29) is 26.2 Å². The summed E-state index contributed by atoms with van der Waals surface area (Å²) in [6.07, 6.45) is 3.97. The minimum absolute atomic E-state index is 0. The van der Waals surface area contributed by atoms with Gasteiger partial charge in [0.25, 0.3) is 0 Å². The van der Waals surface area contributed by atoms with Gasteiger partial charge >= 0.3 is 0 Å². The monoisotopic (exact) mass is 158 g/mol. The summed E-state index contributed by atoms with van der Waals surface area (Å²) in [4.78, 5) is 0. The molecule has 30 valence electrons. The van der Waals surface area contributed by atoms with Gasteiger partial charge in [0.15, 0.2) is 0 Å². The Balaban J connectivity index is 0.000000250. The van der Waals surface area contributed by atoms with E-state index in [9.17, 15) is 0 Å². The second-order valence-corrected chi connectivity index (χ2v) is 0.603. The topological polar surface area (TPSA) is 41.6 Å². The van der Waals surface area contributed by atoms with Gasteiger partial charge in [-0.3, -0.25) is 0 Å². The second-order valence-electron chi connectivity index (χ2n) is 0.603. The molecule has 0 radical (unpaired) electrons. The Kier molecular flexibility index (Phi) is 3.23. The number of hydrogen-bond donors (Lipinski definition) is 1. The van der Waals surface area contributed by atoms with Crippen molar-refractivity contribution in [2.45, 2.75) is 0 Å². The van der Waals surface area contributed by atoms with E-state index in [1.54, 1.807) is 0 Å². The molecule has 0 saturated heterocycles. The van der Waals surface area contributed by atoms with Crippen LogP contribution in [0.2, 0.25) is 0 Å². The third kappa shape index (κ3) is 1.46. The van der Waals surface area contributed by atoms with Crippen LogP contribution in [0.3, 0.4) is 0 Å². The van der Waals surface area contributed by atoms with Crippen LogP contribution in [0.5, 0.6) is 0 Å². The Hall–Kier alpha value is 0.0231. The molecule has 1 heterocycles. The van der Waals surface area contributed by atoms with Gasteiger partial charge in [0.2, 0.25) is 0 Å². The summed E-state index contributed by atoms with van der Waals surface area (Å²) in [6.45, 7) is 0. The Labute approximate surface area is 54.3 Å². The predicted octanol–water partition coefficient (Wildman–Crippen LogP) is -0.398. The van der Waals surface area contributed by atoms with Crippen LogP contribution in [-0.4, -0.2) is 15.4 Å². The molecule has 1 aromatic rings. The molecule has 0 aliphatic heterocycles. The number of nitrogens with one attached hydrogen (secondary N) is 1. The molecule has 6 heavy (non-hydrogen) atoms. The fraction of sp³-hybridized carbons (Fsp3) is 0. The van der Waals surface area contributed by atoms with Crippen LogP contribution >= 0.6 is 0 Å². The van der Waals surface area contributed by atoms with Crippen molar-refractivity contribution in [3.8, 4) is 0 Å². The molecule has 4 heteroatoms. The van der Waals surface area contributed by atoms with Crippen molar-refractivity contribution < 1.29 is 26.2 Å². The van der Waals surface area contributed by atoms with E-state index in [2.05, 4.69) is 21.6 Å². The number of H-pyrrole nitrogens is 1. The molecule has 0 atom stereocenters. The molecule has 1 aromatic heterocycles. The SMILES string of the molecule is [Zr].[c-]1c[nH]nn1. The van der Waals surface area contributed by atoms with Gasteiger partial charge < -0.3 is 16.4 Å². The minimum Gasteiger partial charge on any atom is -0.352 e. The van der Waals surface area contributed by atoms with Crippen LogP contribution in [0.4, 0.5) is 0 Å². The summed E-state index contributed by atoms with van der Waals surface area (Å²) in [5.41, 5.74) is 0. The first kappa shape index (κ1) is 6.02. The molecular weight excluding hydrogens is 157 g/mol. The molecule has 0 amide bonds. The largest absolute Gasteiger partial charge is 0.352 e. The smallest absolute Gasteiger partial charge is 0 e. The Bertz CT molecular complexity index is 65.3. The number of nitrogens with zero attached hydrogens (tertiary/aromatic N) is 2. The maximum absolute atomic E-state index is 3.29. The van der Waals surface area contributed by atoms with E-state index in [1.165, 1.54) is 6.20 Å². The summed E-state index contributed by atoms with van der Waals surface area (Å²) in [5.74, 6) is 0. The zero-order valence-electron chi connectivity index (χ0n) is 2.97. The molecule has 0 fully saturated rings. The van der Waals surface area contributed by atoms with Crippen molar-refractivity contribution in [3.05, 3.63) is 12.4 Å². The van der Waals surface area contributed by atoms with Gasteiger partial charge in [-0.2, -0.15) is 0 Å². The normalized spacial score (nSPS) is 6.67.